The Bertz CT molecular complexity index is 727. The van der Waals surface area contributed by atoms with Crippen LogP contribution in [0.25, 0.3) is 0 Å². The maximum Gasteiger partial charge on any atom is 0.143 e. The Kier molecular flexibility index (Phi) is 3.33. The standard InChI is InChI=1S/C19H22N2O2/c1-19(2)12-21-16-8-7-13(10-18(16)23-19)9-14-11-20-15-5-3-4-6-17(15)22-14/h3-8,10,14,20-21H,9,11-12H2,1-2H3. The van der Waals surface area contributed by atoms with Crippen molar-refractivity contribution < 1.29 is 9.47 Å². The molecule has 4 nitrogen and oxygen atoms in total. The van der Waals surface area contributed by atoms with Gasteiger partial charge < -0.3 is 20.1 Å². The van der Waals surface area contributed by atoms with Gasteiger partial charge in [0.2, 0.25) is 0 Å². The number of rotatable bonds is 2. The van der Waals surface area contributed by atoms with Gasteiger partial charge in [-0.15, -0.1) is 0 Å². The van der Waals surface area contributed by atoms with Gasteiger partial charge >= 0.3 is 0 Å². The van der Waals surface area contributed by atoms with Crippen molar-refractivity contribution in [2.24, 2.45) is 0 Å². The van der Waals surface area contributed by atoms with E-state index in [9.17, 15) is 0 Å². The van der Waals surface area contributed by atoms with Crippen molar-refractivity contribution in [1.29, 1.82) is 0 Å². The normalized spacial score (nSPS) is 20.9. The fourth-order valence-corrected chi connectivity index (χ4v) is 3.10. The number of benzene rings is 2. The molecule has 1 unspecified atom stereocenters. The summed E-state index contributed by atoms with van der Waals surface area (Å²) in [7, 11) is 0. The van der Waals surface area contributed by atoms with Crippen LogP contribution >= 0.6 is 0 Å². The van der Waals surface area contributed by atoms with E-state index in [0.717, 1.165) is 42.4 Å². The van der Waals surface area contributed by atoms with E-state index in [2.05, 4.69) is 42.7 Å². The van der Waals surface area contributed by atoms with Crippen molar-refractivity contribution in [2.75, 3.05) is 23.7 Å². The van der Waals surface area contributed by atoms with Crippen molar-refractivity contribution in [3.8, 4) is 11.5 Å². The van der Waals surface area contributed by atoms with Gasteiger partial charge in [0.1, 0.15) is 23.2 Å². The molecule has 0 amide bonds. The highest BCUT2D eigenvalue weighted by Crippen LogP contribution is 2.34. The van der Waals surface area contributed by atoms with Gasteiger partial charge in [-0.05, 0) is 43.7 Å². The predicted octanol–water partition coefficient (Wildman–Crippen LogP) is 3.69. The molecule has 0 saturated carbocycles. The first-order valence-electron chi connectivity index (χ1n) is 8.14. The van der Waals surface area contributed by atoms with E-state index < -0.39 is 0 Å². The van der Waals surface area contributed by atoms with E-state index in [0.29, 0.717) is 0 Å². The van der Waals surface area contributed by atoms with Crippen LogP contribution in [-0.4, -0.2) is 24.8 Å². The van der Waals surface area contributed by atoms with Crippen LogP contribution in [0.2, 0.25) is 0 Å². The Morgan fingerprint density at radius 2 is 1.87 bits per heavy atom. The molecule has 2 aliphatic rings. The quantitative estimate of drug-likeness (QED) is 0.888. The smallest absolute Gasteiger partial charge is 0.143 e. The van der Waals surface area contributed by atoms with Gasteiger partial charge in [-0.1, -0.05) is 18.2 Å². The van der Waals surface area contributed by atoms with Gasteiger partial charge in [-0.2, -0.15) is 0 Å². The van der Waals surface area contributed by atoms with Gasteiger partial charge in [-0.3, -0.25) is 0 Å². The van der Waals surface area contributed by atoms with Crippen LogP contribution in [0.1, 0.15) is 19.4 Å². The lowest BCUT2D eigenvalue weighted by Gasteiger charge is -2.34. The SMILES string of the molecule is CC1(C)CNc2ccc(CC3CNc4ccccc4O3)cc2O1. The third kappa shape index (κ3) is 2.93. The second-order valence-electron chi connectivity index (χ2n) is 6.87. The first kappa shape index (κ1) is 14.2. The molecule has 120 valence electrons. The molecular formula is C19H22N2O2. The molecule has 2 aliphatic heterocycles. The first-order chi connectivity index (χ1) is 11.1. The van der Waals surface area contributed by atoms with Gasteiger partial charge in [-0.25, -0.2) is 0 Å². The minimum absolute atomic E-state index is 0.132. The fourth-order valence-electron chi connectivity index (χ4n) is 3.10. The zero-order valence-corrected chi connectivity index (χ0v) is 13.6. The molecule has 0 fully saturated rings. The highest BCUT2D eigenvalue weighted by Gasteiger charge is 2.27. The highest BCUT2D eigenvalue weighted by atomic mass is 16.5. The molecule has 4 rings (SSSR count). The third-order valence-electron chi connectivity index (χ3n) is 4.30. The van der Waals surface area contributed by atoms with E-state index in [1.807, 2.05) is 24.3 Å². The van der Waals surface area contributed by atoms with Crippen LogP contribution in [0.3, 0.4) is 0 Å². The summed E-state index contributed by atoms with van der Waals surface area (Å²) in [5, 5.41) is 6.87. The number of fused-ring (bicyclic) bond motifs is 2. The largest absolute Gasteiger partial charge is 0.486 e. The molecule has 0 saturated heterocycles. The molecule has 2 N–H and O–H groups in total. The molecule has 0 aliphatic carbocycles. The Hall–Kier alpha value is -2.36. The first-order valence-corrected chi connectivity index (χ1v) is 8.14. The van der Waals surface area contributed by atoms with Crippen LogP contribution in [0.4, 0.5) is 11.4 Å². The van der Waals surface area contributed by atoms with Gasteiger partial charge in [0.05, 0.1) is 24.5 Å². The zero-order valence-electron chi connectivity index (χ0n) is 13.6. The second kappa shape index (κ2) is 5.37. The Labute approximate surface area is 136 Å². The summed E-state index contributed by atoms with van der Waals surface area (Å²) in [6, 6.07) is 14.5. The lowest BCUT2D eigenvalue weighted by Crippen LogP contribution is -2.40. The molecule has 4 heteroatoms. The Morgan fingerprint density at radius 3 is 2.78 bits per heavy atom. The molecule has 0 bridgehead atoms. The lowest BCUT2D eigenvalue weighted by molar-refractivity contribution is 0.116. The number of para-hydroxylation sites is 2. The minimum atomic E-state index is -0.173. The molecule has 0 aromatic heterocycles. The molecule has 1 atom stereocenters. The minimum Gasteiger partial charge on any atom is -0.486 e. The molecule has 2 aromatic carbocycles. The number of hydrogen-bond donors (Lipinski definition) is 2. The average Bonchev–Trinajstić information content (AvgIpc) is 2.53. The third-order valence-corrected chi connectivity index (χ3v) is 4.30. The maximum absolute atomic E-state index is 6.10. The molecule has 23 heavy (non-hydrogen) atoms. The van der Waals surface area contributed by atoms with E-state index in [4.69, 9.17) is 9.47 Å². The average molecular weight is 310 g/mol. The molecule has 2 aromatic rings. The number of nitrogens with one attached hydrogen (secondary N) is 2. The molecule has 0 radical (unpaired) electrons. The highest BCUT2D eigenvalue weighted by molar-refractivity contribution is 5.60. The zero-order chi connectivity index (χ0) is 15.9. The van der Waals surface area contributed by atoms with Crippen LogP contribution in [-0.2, 0) is 6.42 Å². The van der Waals surface area contributed by atoms with E-state index in [-0.39, 0.29) is 11.7 Å². The summed E-state index contributed by atoms with van der Waals surface area (Å²) in [5.74, 6) is 1.86. The Morgan fingerprint density at radius 1 is 1.04 bits per heavy atom. The van der Waals surface area contributed by atoms with Gasteiger partial charge in [0, 0.05) is 6.42 Å². The van der Waals surface area contributed by atoms with Crippen molar-refractivity contribution in [3.05, 3.63) is 48.0 Å². The fraction of sp³-hybridized carbons (Fsp3) is 0.368. The monoisotopic (exact) mass is 310 g/mol. The van der Waals surface area contributed by atoms with E-state index >= 15 is 0 Å². The summed E-state index contributed by atoms with van der Waals surface area (Å²) in [5.41, 5.74) is 3.20. The molecular weight excluding hydrogens is 288 g/mol. The van der Waals surface area contributed by atoms with Crippen LogP contribution in [0.5, 0.6) is 11.5 Å². The van der Waals surface area contributed by atoms with E-state index in [1.165, 1.54) is 5.56 Å². The maximum atomic E-state index is 6.10. The summed E-state index contributed by atoms with van der Waals surface area (Å²) >= 11 is 0. The molecule has 2 heterocycles. The summed E-state index contributed by atoms with van der Waals surface area (Å²) < 4.78 is 12.2. The van der Waals surface area contributed by atoms with Crippen molar-refractivity contribution in [2.45, 2.75) is 32.0 Å². The van der Waals surface area contributed by atoms with Crippen molar-refractivity contribution in [3.63, 3.8) is 0 Å². The number of hydrogen-bond acceptors (Lipinski definition) is 4. The molecule has 0 spiro atoms. The van der Waals surface area contributed by atoms with Gasteiger partial charge in [0.15, 0.2) is 0 Å². The van der Waals surface area contributed by atoms with Crippen molar-refractivity contribution >= 4 is 11.4 Å². The van der Waals surface area contributed by atoms with Crippen LogP contribution in [0, 0.1) is 0 Å². The van der Waals surface area contributed by atoms with E-state index in [1.54, 1.807) is 0 Å². The Balaban J connectivity index is 1.50. The lowest BCUT2D eigenvalue weighted by atomic mass is 10.0. The van der Waals surface area contributed by atoms with Crippen LogP contribution < -0.4 is 20.1 Å². The summed E-state index contributed by atoms with van der Waals surface area (Å²) in [6.07, 6.45) is 0.991. The van der Waals surface area contributed by atoms with Gasteiger partial charge in [0.25, 0.3) is 0 Å². The van der Waals surface area contributed by atoms with Crippen molar-refractivity contribution in [1.82, 2.24) is 0 Å². The predicted molar refractivity (Wildman–Crippen MR) is 92.7 cm³/mol. The topological polar surface area (TPSA) is 42.5 Å². The number of ether oxygens (including phenoxy) is 2. The van der Waals surface area contributed by atoms with Crippen LogP contribution in [0.15, 0.2) is 42.5 Å². The summed E-state index contributed by atoms with van der Waals surface area (Å²) in [4.78, 5) is 0. The summed E-state index contributed by atoms with van der Waals surface area (Å²) in [6.45, 7) is 5.84. The number of anilines is 2. The second-order valence-corrected chi connectivity index (χ2v) is 6.87.